The van der Waals surface area contributed by atoms with Gasteiger partial charge in [0, 0.05) is 43.1 Å². The average molecular weight is 495 g/mol. The number of pyridine rings is 1. The first kappa shape index (κ1) is 25.2. The Morgan fingerprint density at radius 2 is 1.88 bits per heavy atom. The fraction of sp³-hybridized carbons (Fsp3) is 0.318. The van der Waals surface area contributed by atoms with Gasteiger partial charge in [-0.1, -0.05) is 0 Å². The molecule has 0 aliphatic heterocycles. The van der Waals surface area contributed by atoms with E-state index in [1.807, 2.05) is 0 Å². The van der Waals surface area contributed by atoms with Gasteiger partial charge < -0.3 is 14.0 Å². The Hall–Kier alpha value is -3.38. The van der Waals surface area contributed by atoms with Crippen molar-refractivity contribution in [2.24, 2.45) is 0 Å². The molecule has 0 amide bonds. The predicted molar refractivity (Wildman–Crippen MR) is 122 cm³/mol. The predicted octanol–water partition coefficient (Wildman–Crippen LogP) is 3.48. The van der Waals surface area contributed by atoms with Crippen molar-refractivity contribution in [2.45, 2.75) is 32.6 Å². The summed E-state index contributed by atoms with van der Waals surface area (Å²) >= 11 is 0. The summed E-state index contributed by atoms with van der Waals surface area (Å²) in [5, 5.41) is -0.761. The molecule has 9 nitrogen and oxygen atoms in total. The van der Waals surface area contributed by atoms with Gasteiger partial charge in [0.05, 0.1) is 17.6 Å². The topological polar surface area (TPSA) is 112 Å². The van der Waals surface area contributed by atoms with Crippen molar-refractivity contribution in [2.75, 3.05) is 18.4 Å². The Kier molecular flexibility index (Phi) is 7.62. The number of nitrogens with zero attached hydrogens (tertiary/aromatic N) is 3. The number of anilines is 1. The highest BCUT2D eigenvalue weighted by Crippen LogP contribution is 2.28. The van der Waals surface area contributed by atoms with Gasteiger partial charge in [0.15, 0.2) is 11.6 Å². The molecule has 1 N–H and O–H groups in total. The second-order valence-electron chi connectivity index (χ2n) is 7.70. The molecule has 3 rings (SSSR count). The van der Waals surface area contributed by atoms with E-state index in [-0.39, 0.29) is 35.4 Å². The molecule has 12 heteroatoms. The molecule has 0 saturated carbocycles. The molecule has 0 saturated heterocycles. The third-order valence-corrected chi connectivity index (χ3v) is 6.50. The van der Waals surface area contributed by atoms with Crippen LogP contribution in [0.2, 0.25) is 0 Å². The van der Waals surface area contributed by atoms with Crippen molar-refractivity contribution >= 4 is 15.8 Å². The Balaban J connectivity index is 2.12. The highest BCUT2D eigenvalue weighted by atomic mass is 32.2. The van der Waals surface area contributed by atoms with E-state index in [2.05, 4.69) is 14.7 Å². The molecule has 3 aromatic rings. The van der Waals surface area contributed by atoms with E-state index in [1.54, 1.807) is 19.2 Å². The van der Waals surface area contributed by atoms with Crippen molar-refractivity contribution in [3.05, 3.63) is 64.1 Å². The highest BCUT2D eigenvalue weighted by molar-refractivity contribution is 7.93. The standard InChI is InChI=1S/C22H24F2N4O5S/c1-13(2)34(30,31)27-20-11-18(15-9-14(3)21(29)28(12-15)7-8-32-4)25-22(26-20)33-19-6-5-16(23)10-17(19)24/h5-6,9-13H,7-8H2,1-4H3,(H,25,26,27). The number of aryl methyl sites for hydroxylation is 1. The zero-order valence-electron chi connectivity index (χ0n) is 19.0. The van der Waals surface area contributed by atoms with E-state index in [4.69, 9.17) is 9.47 Å². The summed E-state index contributed by atoms with van der Waals surface area (Å²) in [5.74, 6) is -2.25. The first-order valence-electron chi connectivity index (χ1n) is 10.2. The molecular formula is C22H24F2N4O5S. The van der Waals surface area contributed by atoms with Crippen LogP contribution in [-0.2, 0) is 21.3 Å². The highest BCUT2D eigenvalue weighted by Gasteiger charge is 2.19. The van der Waals surface area contributed by atoms with Gasteiger partial charge in [-0.2, -0.15) is 9.97 Å². The van der Waals surface area contributed by atoms with Gasteiger partial charge >= 0.3 is 6.01 Å². The van der Waals surface area contributed by atoms with Gasteiger partial charge in [-0.15, -0.1) is 0 Å². The summed E-state index contributed by atoms with van der Waals surface area (Å²) in [6.45, 7) is 5.19. The lowest BCUT2D eigenvalue weighted by atomic mass is 10.1. The number of benzene rings is 1. The molecule has 1 aromatic carbocycles. The fourth-order valence-corrected chi connectivity index (χ4v) is 3.50. The van der Waals surface area contributed by atoms with Crippen molar-refractivity contribution in [3.8, 4) is 23.0 Å². The van der Waals surface area contributed by atoms with Crippen molar-refractivity contribution in [3.63, 3.8) is 0 Å². The van der Waals surface area contributed by atoms with E-state index in [0.29, 0.717) is 23.8 Å². The van der Waals surface area contributed by atoms with E-state index in [0.717, 1.165) is 12.1 Å². The largest absolute Gasteiger partial charge is 0.421 e. The number of nitrogens with one attached hydrogen (secondary N) is 1. The molecule has 0 spiro atoms. The number of methoxy groups -OCH3 is 1. The van der Waals surface area contributed by atoms with Crippen molar-refractivity contribution in [1.29, 1.82) is 0 Å². The Bertz CT molecular complexity index is 1360. The van der Waals surface area contributed by atoms with Crippen LogP contribution in [0.5, 0.6) is 11.8 Å². The van der Waals surface area contributed by atoms with Gasteiger partial charge in [-0.3, -0.25) is 9.52 Å². The summed E-state index contributed by atoms with van der Waals surface area (Å²) in [4.78, 5) is 20.7. The third-order valence-electron chi connectivity index (χ3n) is 4.77. The number of sulfonamides is 1. The maximum atomic E-state index is 14.1. The number of halogens is 2. The van der Waals surface area contributed by atoms with Gasteiger partial charge in [-0.05, 0) is 39.0 Å². The van der Waals surface area contributed by atoms with E-state index in [9.17, 15) is 22.0 Å². The van der Waals surface area contributed by atoms with Gasteiger partial charge in [0.25, 0.3) is 5.56 Å². The van der Waals surface area contributed by atoms with Crippen molar-refractivity contribution < 1.29 is 26.7 Å². The van der Waals surface area contributed by atoms with Crippen LogP contribution < -0.4 is 15.0 Å². The SMILES string of the molecule is COCCn1cc(-c2cc(NS(=O)(=O)C(C)C)nc(Oc3ccc(F)cc3F)n2)cc(C)c1=O. The summed E-state index contributed by atoms with van der Waals surface area (Å²) < 4.78 is 66.4. The molecule has 0 aliphatic rings. The lowest BCUT2D eigenvalue weighted by Crippen LogP contribution is -2.24. The van der Waals surface area contributed by atoms with Crippen LogP contribution in [0.15, 0.2) is 41.3 Å². The van der Waals surface area contributed by atoms with Crippen LogP contribution in [0.3, 0.4) is 0 Å². The van der Waals surface area contributed by atoms with Crippen LogP contribution in [0.25, 0.3) is 11.3 Å². The minimum atomic E-state index is -3.78. The van der Waals surface area contributed by atoms with Crippen LogP contribution in [0.1, 0.15) is 19.4 Å². The third kappa shape index (κ3) is 5.94. The van der Waals surface area contributed by atoms with Crippen LogP contribution in [0.4, 0.5) is 14.6 Å². The minimum Gasteiger partial charge on any atom is -0.421 e. The molecule has 0 radical (unpaired) electrons. The lowest BCUT2D eigenvalue weighted by Gasteiger charge is -2.14. The zero-order valence-corrected chi connectivity index (χ0v) is 19.8. The Morgan fingerprint density at radius 3 is 2.53 bits per heavy atom. The summed E-state index contributed by atoms with van der Waals surface area (Å²) in [6.07, 6.45) is 1.54. The molecule has 2 heterocycles. The van der Waals surface area contributed by atoms with E-state index in [1.165, 1.54) is 31.6 Å². The summed E-state index contributed by atoms with van der Waals surface area (Å²) in [5.41, 5.74) is 0.872. The molecule has 0 fully saturated rings. The maximum Gasteiger partial charge on any atom is 0.324 e. The number of hydrogen-bond donors (Lipinski definition) is 1. The maximum absolute atomic E-state index is 14.1. The van der Waals surface area contributed by atoms with Gasteiger partial charge in [-0.25, -0.2) is 17.2 Å². The molecular weight excluding hydrogens is 470 g/mol. The number of aromatic nitrogens is 3. The first-order valence-corrected chi connectivity index (χ1v) is 11.8. The monoisotopic (exact) mass is 494 g/mol. The minimum absolute atomic E-state index is 0.122. The second kappa shape index (κ2) is 10.3. The zero-order chi connectivity index (χ0) is 25.0. The molecule has 0 aliphatic carbocycles. The quantitative estimate of drug-likeness (QED) is 0.485. The van der Waals surface area contributed by atoms with Crippen molar-refractivity contribution in [1.82, 2.24) is 14.5 Å². The van der Waals surface area contributed by atoms with Gasteiger partial charge in [0.1, 0.15) is 11.6 Å². The first-order chi connectivity index (χ1) is 16.0. The fourth-order valence-electron chi connectivity index (χ4n) is 2.87. The normalized spacial score (nSPS) is 11.6. The van der Waals surface area contributed by atoms with Crippen LogP contribution >= 0.6 is 0 Å². The van der Waals surface area contributed by atoms with E-state index >= 15 is 0 Å². The van der Waals surface area contributed by atoms with Gasteiger partial charge in [0.2, 0.25) is 10.0 Å². The smallest absolute Gasteiger partial charge is 0.324 e. The number of ether oxygens (including phenoxy) is 2. The second-order valence-corrected chi connectivity index (χ2v) is 9.93. The van der Waals surface area contributed by atoms with Crippen LogP contribution in [0, 0.1) is 18.6 Å². The molecule has 0 bridgehead atoms. The average Bonchev–Trinajstić information content (AvgIpc) is 2.76. The Labute approximate surface area is 195 Å². The summed E-state index contributed by atoms with van der Waals surface area (Å²) in [6, 6.07) is 5.27. The molecule has 182 valence electrons. The number of rotatable bonds is 9. The molecule has 2 aromatic heterocycles. The molecule has 0 unspecified atom stereocenters. The molecule has 34 heavy (non-hydrogen) atoms. The van der Waals surface area contributed by atoms with E-state index < -0.39 is 26.9 Å². The lowest BCUT2D eigenvalue weighted by molar-refractivity contribution is 0.186. The van der Waals surface area contributed by atoms with Crippen LogP contribution in [-0.4, -0.2) is 41.9 Å². The number of hydrogen-bond acceptors (Lipinski definition) is 7. The Morgan fingerprint density at radius 1 is 1.15 bits per heavy atom. The summed E-state index contributed by atoms with van der Waals surface area (Å²) in [7, 11) is -2.27. The molecule has 0 atom stereocenters.